The van der Waals surface area contributed by atoms with Crippen molar-refractivity contribution in [3.63, 3.8) is 0 Å². The van der Waals surface area contributed by atoms with Crippen molar-refractivity contribution in [1.29, 1.82) is 0 Å². The Kier molecular flexibility index (Phi) is 5.78. The Bertz CT molecular complexity index is 736. The lowest BCUT2D eigenvalue weighted by atomic mass is 10.2. The predicted molar refractivity (Wildman–Crippen MR) is 102 cm³/mol. The molecule has 0 amide bonds. The van der Waals surface area contributed by atoms with Crippen LogP contribution in [0.5, 0.6) is 5.75 Å². The van der Waals surface area contributed by atoms with Crippen LogP contribution in [-0.4, -0.2) is 37.4 Å². The van der Waals surface area contributed by atoms with Crippen molar-refractivity contribution in [1.82, 2.24) is 0 Å². The van der Waals surface area contributed by atoms with Crippen molar-refractivity contribution in [2.75, 3.05) is 37.0 Å². The van der Waals surface area contributed by atoms with E-state index in [0.717, 1.165) is 34.3 Å². The van der Waals surface area contributed by atoms with Crippen LogP contribution in [0.25, 0.3) is 0 Å². The number of hydrogen-bond donors (Lipinski definition) is 2. The van der Waals surface area contributed by atoms with Gasteiger partial charge in [-0.25, -0.2) is 0 Å². The van der Waals surface area contributed by atoms with Gasteiger partial charge in [0.15, 0.2) is 5.50 Å². The van der Waals surface area contributed by atoms with E-state index in [4.69, 9.17) is 9.84 Å². The fourth-order valence-corrected chi connectivity index (χ4v) is 3.58. The van der Waals surface area contributed by atoms with E-state index < -0.39 is 0 Å². The Morgan fingerprint density at radius 3 is 2.72 bits per heavy atom. The smallest absolute Gasteiger partial charge is 0.191 e. The Morgan fingerprint density at radius 2 is 2.04 bits per heavy atom. The number of aliphatic hydroxyl groups excluding tert-OH is 1. The third-order valence-corrected chi connectivity index (χ3v) is 4.98. The minimum atomic E-state index is -0.136. The molecule has 0 bridgehead atoms. The van der Waals surface area contributed by atoms with Gasteiger partial charge in [0.2, 0.25) is 0 Å². The van der Waals surface area contributed by atoms with E-state index in [9.17, 15) is 0 Å². The van der Waals surface area contributed by atoms with Gasteiger partial charge < -0.3 is 20.1 Å². The van der Waals surface area contributed by atoms with Crippen LogP contribution in [0.3, 0.4) is 0 Å². The van der Waals surface area contributed by atoms with Crippen molar-refractivity contribution in [2.45, 2.75) is 17.3 Å². The van der Waals surface area contributed by atoms with Gasteiger partial charge in [-0.3, -0.25) is 0 Å². The molecule has 7 heteroatoms. The summed E-state index contributed by atoms with van der Waals surface area (Å²) < 4.78 is 5.25. The zero-order valence-corrected chi connectivity index (χ0v) is 15.2. The Hall–Kier alpha value is -2.25. The third kappa shape index (κ3) is 4.24. The van der Waals surface area contributed by atoms with Crippen LogP contribution in [0, 0.1) is 0 Å². The normalized spacial score (nSPS) is 15.9. The molecule has 1 unspecified atom stereocenters. The Labute approximate surface area is 151 Å². The molecule has 1 heterocycles. The minimum absolute atomic E-state index is 0.136. The predicted octanol–water partition coefficient (Wildman–Crippen LogP) is 4.10. The van der Waals surface area contributed by atoms with Gasteiger partial charge in [0.25, 0.3) is 0 Å². The standard InChI is InChI=1S/C18H22N4O2S/c1-3-22(10-11-23)14-6-4-13(5-7-14)20-21-18-19-16-9-8-15(24-2)12-17(16)25-18/h4-9,12,18-19,23H,3,10-11H2,1-2H3. The maximum atomic E-state index is 9.10. The molecular weight excluding hydrogens is 336 g/mol. The molecule has 0 spiro atoms. The molecule has 6 nitrogen and oxygen atoms in total. The molecule has 0 fully saturated rings. The van der Waals surface area contributed by atoms with Crippen LogP contribution in [0.1, 0.15) is 6.92 Å². The Balaban J connectivity index is 1.63. The van der Waals surface area contributed by atoms with Gasteiger partial charge in [-0.05, 0) is 49.4 Å². The highest BCUT2D eigenvalue weighted by molar-refractivity contribution is 8.00. The number of azo groups is 1. The van der Waals surface area contributed by atoms with Gasteiger partial charge in [-0.15, -0.1) is 0 Å². The van der Waals surface area contributed by atoms with Gasteiger partial charge >= 0.3 is 0 Å². The molecule has 132 valence electrons. The van der Waals surface area contributed by atoms with Crippen molar-refractivity contribution in [3.05, 3.63) is 42.5 Å². The summed E-state index contributed by atoms with van der Waals surface area (Å²) in [6, 6.07) is 13.8. The summed E-state index contributed by atoms with van der Waals surface area (Å²) in [6.45, 7) is 3.69. The first-order valence-electron chi connectivity index (χ1n) is 8.21. The van der Waals surface area contributed by atoms with Crippen molar-refractivity contribution in [2.24, 2.45) is 10.2 Å². The van der Waals surface area contributed by atoms with Gasteiger partial charge in [0.1, 0.15) is 5.75 Å². The molecule has 0 saturated heterocycles. The quantitative estimate of drug-likeness (QED) is 0.729. The number of thioether (sulfide) groups is 1. The van der Waals surface area contributed by atoms with E-state index in [1.807, 2.05) is 42.5 Å². The lowest BCUT2D eigenvalue weighted by Crippen LogP contribution is -2.25. The molecular formula is C18H22N4O2S. The summed E-state index contributed by atoms with van der Waals surface area (Å²) in [5, 5.41) is 21.1. The number of hydrogen-bond acceptors (Lipinski definition) is 7. The maximum absolute atomic E-state index is 9.10. The topological polar surface area (TPSA) is 69.5 Å². The second-order valence-electron chi connectivity index (χ2n) is 5.51. The number of likely N-dealkylation sites (N-methyl/N-ethyl adjacent to an activating group) is 1. The number of nitrogens with zero attached hydrogens (tertiary/aromatic N) is 3. The van der Waals surface area contributed by atoms with Gasteiger partial charge in [-0.1, -0.05) is 11.8 Å². The maximum Gasteiger partial charge on any atom is 0.191 e. The lowest BCUT2D eigenvalue weighted by Gasteiger charge is -2.21. The third-order valence-electron chi connectivity index (χ3n) is 3.95. The first-order valence-corrected chi connectivity index (χ1v) is 9.09. The van der Waals surface area contributed by atoms with Crippen LogP contribution in [0.2, 0.25) is 0 Å². The number of ether oxygens (including phenoxy) is 1. The van der Waals surface area contributed by atoms with E-state index in [1.165, 1.54) is 0 Å². The molecule has 0 aliphatic carbocycles. The summed E-state index contributed by atoms with van der Waals surface area (Å²) in [7, 11) is 1.66. The van der Waals surface area contributed by atoms with E-state index in [2.05, 4.69) is 27.4 Å². The average Bonchev–Trinajstić information content (AvgIpc) is 3.07. The van der Waals surface area contributed by atoms with Gasteiger partial charge in [0, 0.05) is 23.7 Å². The van der Waals surface area contributed by atoms with Crippen molar-refractivity contribution >= 4 is 28.8 Å². The fraction of sp³-hybridized carbons (Fsp3) is 0.333. The summed E-state index contributed by atoms with van der Waals surface area (Å²) in [4.78, 5) is 3.22. The van der Waals surface area contributed by atoms with E-state index in [0.29, 0.717) is 6.54 Å². The molecule has 0 saturated carbocycles. The second kappa shape index (κ2) is 8.22. The van der Waals surface area contributed by atoms with Crippen molar-refractivity contribution in [3.8, 4) is 5.75 Å². The molecule has 1 atom stereocenters. The highest BCUT2D eigenvalue weighted by Gasteiger charge is 2.21. The zero-order valence-electron chi connectivity index (χ0n) is 14.3. The molecule has 3 rings (SSSR count). The number of aliphatic hydroxyl groups is 1. The van der Waals surface area contributed by atoms with Gasteiger partial charge in [0.05, 0.1) is 25.1 Å². The first kappa shape index (κ1) is 17.6. The average molecular weight is 358 g/mol. The number of nitrogens with one attached hydrogen (secondary N) is 1. The number of benzene rings is 2. The van der Waals surface area contributed by atoms with Crippen LogP contribution >= 0.6 is 11.8 Å². The molecule has 0 aromatic heterocycles. The molecule has 2 N–H and O–H groups in total. The van der Waals surface area contributed by atoms with Crippen LogP contribution < -0.4 is 15.0 Å². The second-order valence-corrected chi connectivity index (χ2v) is 6.63. The lowest BCUT2D eigenvalue weighted by molar-refractivity contribution is 0.302. The van der Waals surface area contributed by atoms with Crippen LogP contribution in [-0.2, 0) is 0 Å². The number of rotatable bonds is 7. The largest absolute Gasteiger partial charge is 0.497 e. The van der Waals surface area contributed by atoms with Crippen LogP contribution in [0.4, 0.5) is 17.1 Å². The highest BCUT2D eigenvalue weighted by atomic mass is 32.2. The summed E-state index contributed by atoms with van der Waals surface area (Å²) in [5.74, 6) is 0.838. The summed E-state index contributed by atoms with van der Waals surface area (Å²) in [5.41, 5.74) is 2.79. The van der Waals surface area contributed by atoms with E-state index >= 15 is 0 Å². The first-order chi connectivity index (χ1) is 12.2. The highest BCUT2D eigenvalue weighted by Crippen LogP contribution is 2.41. The summed E-state index contributed by atoms with van der Waals surface area (Å²) >= 11 is 1.62. The number of fused-ring (bicyclic) bond motifs is 1. The van der Waals surface area contributed by atoms with E-state index in [1.54, 1.807) is 18.9 Å². The molecule has 0 radical (unpaired) electrons. The van der Waals surface area contributed by atoms with Gasteiger partial charge in [-0.2, -0.15) is 10.2 Å². The Morgan fingerprint density at radius 1 is 1.24 bits per heavy atom. The summed E-state index contributed by atoms with van der Waals surface area (Å²) in [6.07, 6.45) is 0. The number of anilines is 2. The molecule has 1 aliphatic rings. The molecule has 25 heavy (non-hydrogen) atoms. The van der Waals surface area contributed by atoms with E-state index in [-0.39, 0.29) is 12.1 Å². The molecule has 2 aromatic rings. The molecule has 2 aromatic carbocycles. The monoisotopic (exact) mass is 358 g/mol. The van der Waals surface area contributed by atoms with Crippen LogP contribution in [0.15, 0.2) is 57.6 Å². The molecule has 1 aliphatic heterocycles. The van der Waals surface area contributed by atoms with Crippen molar-refractivity contribution < 1.29 is 9.84 Å². The fourth-order valence-electron chi connectivity index (χ4n) is 2.62. The number of methoxy groups -OCH3 is 1. The zero-order chi connectivity index (χ0) is 17.6. The minimum Gasteiger partial charge on any atom is -0.497 e. The SMILES string of the molecule is CCN(CCO)c1ccc(N=NC2Nc3ccc(OC)cc3S2)cc1.